The Morgan fingerprint density at radius 2 is 1.94 bits per heavy atom. The molecule has 1 aliphatic heterocycles. The SMILES string of the molecule is Cc1ccccc1OCn1ccc(C(=O)N2CCCN(Cc3csc(C(C)(C)C)n3)CC2)n1. The quantitative estimate of drug-likeness (QED) is 0.540. The molecule has 1 saturated heterocycles. The van der Waals surface area contributed by atoms with Crippen LogP contribution in [0.4, 0.5) is 0 Å². The summed E-state index contributed by atoms with van der Waals surface area (Å²) < 4.78 is 7.50. The van der Waals surface area contributed by atoms with E-state index >= 15 is 0 Å². The van der Waals surface area contributed by atoms with Gasteiger partial charge in [-0.25, -0.2) is 9.67 Å². The highest BCUT2D eigenvalue weighted by Gasteiger charge is 2.23. The number of nitrogens with zero attached hydrogens (tertiary/aromatic N) is 5. The molecule has 8 heteroatoms. The maximum atomic E-state index is 13.1. The molecule has 2 aromatic heterocycles. The van der Waals surface area contributed by atoms with Gasteiger partial charge in [-0.05, 0) is 31.0 Å². The fourth-order valence-corrected chi connectivity index (χ4v) is 4.75. The molecule has 1 amide bonds. The van der Waals surface area contributed by atoms with E-state index in [9.17, 15) is 4.79 Å². The van der Waals surface area contributed by atoms with Crippen molar-refractivity contribution in [2.45, 2.75) is 52.8 Å². The molecule has 4 rings (SSSR count). The Balaban J connectivity index is 1.30. The Kier molecular flexibility index (Phi) is 7.14. The van der Waals surface area contributed by atoms with Gasteiger partial charge in [0.15, 0.2) is 12.4 Å². The fourth-order valence-electron chi connectivity index (χ4n) is 3.85. The van der Waals surface area contributed by atoms with E-state index < -0.39 is 0 Å². The van der Waals surface area contributed by atoms with Crippen LogP contribution in [0.25, 0.3) is 0 Å². The summed E-state index contributed by atoms with van der Waals surface area (Å²) >= 11 is 1.74. The van der Waals surface area contributed by atoms with Gasteiger partial charge in [0.2, 0.25) is 0 Å². The van der Waals surface area contributed by atoms with Crippen molar-refractivity contribution < 1.29 is 9.53 Å². The van der Waals surface area contributed by atoms with Gasteiger partial charge in [-0.3, -0.25) is 9.69 Å². The minimum Gasteiger partial charge on any atom is -0.471 e. The highest BCUT2D eigenvalue weighted by molar-refractivity contribution is 7.09. The molecule has 7 nitrogen and oxygen atoms in total. The largest absolute Gasteiger partial charge is 0.471 e. The number of hydrogen-bond acceptors (Lipinski definition) is 6. The first-order chi connectivity index (χ1) is 15.8. The maximum absolute atomic E-state index is 13.1. The molecule has 0 N–H and O–H groups in total. The van der Waals surface area contributed by atoms with Gasteiger partial charge in [0, 0.05) is 49.7 Å². The number of carbonyl (C=O) groups excluding carboxylic acids is 1. The summed E-state index contributed by atoms with van der Waals surface area (Å²) in [6.07, 6.45) is 2.74. The van der Waals surface area contributed by atoms with Gasteiger partial charge in [0.1, 0.15) is 5.75 Å². The van der Waals surface area contributed by atoms with Gasteiger partial charge in [0.25, 0.3) is 5.91 Å². The normalized spacial score (nSPS) is 15.5. The number of benzene rings is 1. The second-order valence-electron chi connectivity index (χ2n) is 9.60. The van der Waals surface area contributed by atoms with Crippen LogP contribution in [-0.4, -0.2) is 56.7 Å². The van der Waals surface area contributed by atoms with Crippen LogP contribution in [0.1, 0.15) is 53.9 Å². The molecule has 3 heterocycles. The number of aryl methyl sites for hydroxylation is 1. The van der Waals surface area contributed by atoms with E-state index in [2.05, 4.69) is 36.1 Å². The van der Waals surface area contributed by atoms with Crippen LogP contribution < -0.4 is 4.74 Å². The molecule has 1 fully saturated rings. The van der Waals surface area contributed by atoms with Crippen molar-refractivity contribution in [3.05, 3.63) is 63.9 Å². The molecule has 0 spiro atoms. The van der Waals surface area contributed by atoms with E-state index in [0.29, 0.717) is 12.2 Å². The molecule has 1 aromatic carbocycles. The zero-order chi connectivity index (χ0) is 23.4. The zero-order valence-electron chi connectivity index (χ0n) is 20.0. The van der Waals surface area contributed by atoms with Crippen molar-refractivity contribution in [3.8, 4) is 5.75 Å². The van der Waals surface area contributed by atoms with Crippen LogP contribution in [0.3, 0.4) is 0 Å². The lowest BCUT2D eigenvalue weighted by Crippen LogP contribution is -2.35. The van der Waals surface area contributed by atoms with Crippen LogP contribution in [0.2, 0.25) is 0 Å². The fraction of sp³-hybridized carbons (Fsp3) is 0.480. The molecule has 3 aromatic rings. The minimum atomic E-state index is -0.0184. The van der Waals surface area contributed by atoms with E-state index in [4.69, 9.17) is 9.72 Å². The van der Waals surface area contributed by atoms with Crippen molar-refractivity contribution in [1.29, 1.82) is 0 Å². The monoisotopic (exact) mass is 467 g/mol. The average molecular weight is 468 g/mol. The average Bonchev–Trinajstić information content (AvgIpc) is 3.39. The summed E-state index contributed by atoms with van der Waals surface area (Å²) in [5.74, 6) is 0.804. The number of thiazole rings is 1. The smallest absolute Gasteiger partial charge is 0.274 e. The van der Waals surface area contributed by atoms with Crippen LogP contribution in [0.15, 0.2) is 41.9 Å². The third-order valence-corrected chi connectivity index (χ3v) is 7.08. The third-order valence-electron chi connectivity index (χ3n) is 5.76. The van der Waals surface area contributed by atoms with Crippen molar-refractivity contribution in [2.75, 3.05) is 26.2 Å². The van der Waals surface area contributed by atoms with Gasteiger partial charge in [-0.2, -0.15) is 5.10 Å². The Labute approximate surface area is 200 Å². The standard InChI is InChI=1S/C25H33N5O2S/c1-19-8-5-6-9-22(19)32-18-30-13-10-21(27-30)23(31)29-12-7-11-28(14-15-29)16-20-17-33-24(26-20)25(2,3)4/h5-6,8-10,13,17H,7,11-12,14-16,18H2,1-4H3. The number of amides is 1. The first-order valence-corrected chi connectivity index (χ1v) is 12.4. The van der Waals surface area contributed by atoms with Gasteiger partial charge in [-0.15, -0.1) is 11.3 Å². The Morgan fingerprint density at radius 3 is 2.70 bits per heavy atom. The molecular formula is C25H33N5O2S. The molecule has 1 aliphatic rings. The van der Waals surface area contributed by atoms with Gasteiger partial charge >= 0.3 is 0 Å². The zero-order valence-corrected chi connectivity index (χ0v) is 20.8. The van der Waals surface area contributed by atoms with Crippen molar-refractivity contribution in [2.24, 2.45) is 0 Å². The summed E-state index contributed by atoms with van der Waals surface area (Å²) in [6.45, 7) is 12.9. The molecule has 0 aliphatic carbocycles. The van der Waals surface area contributed by atoms with Gasteiger partial charge < -0.3 is 9.64 Å². The van der Waals surface area contributed by atoms with Crippen LogP contribution in [-0.2, 0) is 18.7 Å². The first kappa shape index (κ1) is 23.4. The van der Waals surface area contributed by atoms with E-state index in [1.807, 2.05) is 36.1 Å². The first-order valence-electron chi connectivity index (χ1n) is 11.5. The number of rotatable bonds is 6. The highest BCUT2D eigenvalue weighted by Crippen LogP contribution is 2.26. The van der Waals surface area contributed by atoms with E-state index in [0.717, 1.165) is 49.6 Å². The Morgan fingerprint density at radius 1 is 1.12 bits per heavy atom. The molecular weight excluding hydrogens is 434 g/mol. The second kappa shape index (κ2) is 10.1. The Bertz CT molecular complexity index is 1080. The molecule has 0 unspecified atom stereocenters. The van der Waals surface area contributed by atoms with E-state index in [-0.39, 0.29) is 18.1 Å². The molecule has 0 bridgehead atoms. The number of aromatic nitrogens is 3. The summed E-state index contributed by atoms with van der Waals surface area (Å²) in [6, 6.07) is 9.64. The molecule has 0 saturated carbocycles. The van der Waals surface area contributed by atoms with Gasteiger partial charge in [-0.1, -0.05) is 39.0 Å². The van der Waals surface area contributed by atoms with Crippen LogP contribution >= 0.6 is 11.3 Å². The summed E-state index contributed by atoms with van der Waals surface area (Å²) in [5.41, 5.74) is 2.74. The van der Waals surface area contributed by atoms with Crippen molar-refractivity contribution >= 4 is 17.2 Å². The topological polar surface area (TPSA) is 63.5 Å². The lowest BCUT2D eigenvalue weighted by molar-refractivity contribution is 0.0753. The van der Waals surface area contributed by atoms with E-state index in [1.165, 1.54) is 5.01 Å². The highest BCUT2D eigenvalue weighted by atomic mass is 32.1. The van der Waals surface area contributed by atoms with E-state index in [1.54, 1.807) is 28.3 Å². The molecule has 33 heavy (non-hydrogen) atoms. The van der Waals surface area contributed by atoms with Crippen LogP contribution in [0.5, 0.6) is 5.75 Å². The van der Waals surface area contributed by atoms with Crippen molar-refractivity contribution in [1.82, 2.24) is 24.6 Å². The summed E-state index contributed by atoms with van der Waals surface area (Å²) in [4.78, 5) is 22.2. The summed E-state index contributed by atoms with van der Waals surface area (Å²) in [7, 11) is 0. The summed E-state index contributed by atoms with van der Waals surface area (Å²) in [5, 5.41) is 7.79. The van der Waals surface area contributed by atoms with Gasteiger partial charge in [0.05, 0.1) is 10.7 Å². The predicted octanol–water partition coefficient (Wildman–Crippen LogP) is 4.33. The van der Waals surface area contributed by atoms with Crippen LogP contribution in [0, 0.1) is 6.92 Å². The molecule has 0 radical (unpaired) electrons. The number of carbonyl (C=O) groups is 1. The lowest BCUT2D eigenvalue weighted by atomic mass is 9.98. The third kappa shape index (κ3) is 6.00. The maximum Gasteiger partial charge on any atom is 0.274 e. The minimum absolute atomic E-state index is 0.0184. The number of hydrogen-bond donors (Lipinski definition) is 0. The molecule has 176 valence electrons. The molecule has 0 atom stereocenters. The second-order valence-corrected chi connectivity index (χ2v) is 10.5. The van der Waals surface area contributed by atoms with Crippen molar-refractivity contribution in [3.63, 3.8) is 0 Å². The number of para-hydroxylation sites is 1. The predicted molar refractivity (Wildman–Crippen MR) is 131 cm³/mol. The Hall–Kier alpha value is -2.71. The lowest BCUT2D eigenvalue weighted by Gasteiger charge is -2.21. The number of ether oxygens (including phenoxy) is 1.